The van der Waals surface area contributed by atoms with E-state index >= 15 is 0 Å². The highest BCUT2D eigenvalue weighted by molar-refractivity contribution is 5.05. The molecule has 1 atom stereocenters. The van der Waals surface area contributed by atoms with Crippen molar-refractivity contribution in [3.8, 4) is 0 Å². The Labute approximate surface area is 78.5 Å². The standard InChI is InChI=1S/C9H17N3O/c1-6(4-10)11-5-9-12-7(2)8(3)13-9/h6,11H,4-5,10H2,1-3H3. The molecule has 4 heteroatoms. The molecule has 4 nitrogen and oxygen atoms in total. The van der Waals surface area contributed by atoms with Crippen molar-refractivity contribution in [2.24, 2.45) is 5.73 Å². The van der Waals surface area contributed by atoms with Crippen LogP contribution in [0.3, 0.4) is 0 Å². The Morgan fingerprint density at radius 3 is 2.69 bits per heavy atom. The second-order valence-corrected chi connectivity index (χ2v) is 3.27. The molecule has 0 aromatic carbocycles. The van der Waals surface area contributed by atoms with Gasteiger partial charge in [0.1, 0.15) is 5.76 Å². The van der Waals surface area contributed by atoms with Gasteiger partial charge in [0.05, 0.1) is 12.2 Å². The topological polar surface area (TPSA) is 64.1 Å². The SMILES string of the molecule is Cc1nc(CNC(C)CN)oc1C. The lowest BCUT2D eigenvalue weighted by atomic mass is 10.3. The van der Waals surface area contributed by atoms with Gasteiger partial charge in [0.25, 0.3) is 0 Å². The maximum absolute atomic E-state index is 5.46. The first kappa shape index (κ1) is 10.2. The Morgan fingerprint density at radius 1 is 1.54 bits per heavy atom. The number of nitrogens with two attached hydrogens (primary N) is 1. The van der Waals surface area contributed by atoms with E-state index < -0.39 is 0 Å². The van der Waals surface area contributed by atoms with Crippen LogP contribution < -0.4 is 11.1 Å². The average molecular weight is 183 g/mol. The first-order valence-electron chi connectivity index (χ1n) is 4.50. The largest absolute Gasteiger partial charge is 0.444 e. The maximum atomic E-state index is 5.46. The molecule has 1 rings (SSSR count). The van der Waals surface area contributed by atoms with Gasteiger partial charge in [-0.2, -0.15) is 0 Å². The van der Waals surface area contributed by atoms with Crippen molar-refractivity contribution in [1.82, 2.24) is 10.3 Å². The Balaban J connectivity index is 2.45. The first-order chi connectivity index (χ1) is 6.13. The van der Waals surface area contributed by atoms with E-state index in [1.807, 2.05) is 20.8 Å². The number of aryl methyl sites for hydroxylation is 2. The molecular formula is C9H17N3O. The molecule has 3 N–H and O–H groups in total. The fourth-order valence-corrected chi connectivity index (χ4v) is 0.960. The zero-order chi connectivity index (χ0) is 9.84. The molecule has 0 amide bonds. The van der Waals surface area contributed by atoms with Crippen LogP contribution in [0.5, 0.6) is 0 Å². The fraction of sp³-hybridized carbons (Fsp3) is 0.667. The van der Waals surface area contributed by atoms with Crippen LogP contribution in [0.1, 0.15) is 24.3 Å². The summed E-state index contributed by atoms with van der Waals surface area (Å²) in [5.41, 5.74) is 6.41. The molecule has 13 heavy (non-hydrogen) atoms. The van der Waals surface area contributed by atoms with E-state index in [2.05, 4.69) is 10.3 Å². The van der Waals surface area contributed by atoms with E-state index in [1.54, 1.807) is 0 Å². The van der Waals surface area contributed by atoms with Crippen molar-refractivity contribution in [3.05, 3.63) is 17.3 Å². The van der Waals surface area contributed by atoms with Crippen LogP contribution in [0.25, 0.3) is 0 Å². The summed E-state index contributed by atoms with van der Waals surface area (Å²) in [6, 6.07) is 0.299. The van der Waals surface area contributed by atoms with Crippen molar-refractivity contribution < 1.29 is 4.42 Å². The van der Waals surface area contributed by atoms with Crippen LogP contribution in [-0.2, 0) is 6.54 Å². The molecule has 0 aliphatic carbocycles. The molecule has 1 aromatic heterocycles. The molecule has 0 aliphatic rings. The third-order valence-electron chi connectivity index (χ3n) is 2.03. The van der Waals surface area contributed by atoms with Crippen molar-refractivity contribution in [2.45, 2.75) is 33.4 Å². The van der Waals surface area contributed by atoms with Crippen molar-refractivity contribution in [3.63, 3.8) is 0 Å². The van der Waals surface area contributed by atoms with Gasteiger partial charge in [0, 0.05) is 12.6 Å². The Kier molecular flexibility index (Phi) is 3.45. The highest BCUT2D eigenvalue weighted by atomic mass is 16.4. The lowest BCUT2D eigenvalue weighted by molar-refractivity contribution is 0.430. The summed E-state index contributed by atoms with van der Waals surface area (Å²) in [7, 11) is 0. The van der Waals surface area contributed by atoms with E-state index in [0.29, 0.717) is 19.1 Å². The summed E-state index contributed by atoms with van der Waals surface area (Å²) in [5.74, 6) is 1.62. The molecule has 0 saturated heterocycles. The number of hydrogen-bond acceptors (Lipinski definition) is 4. The van der Waals surface area contributed by atoms with Crippen molar-refractivity contribution >= 4 is 0 Å². The molecule has 74 valence electrons. The third-order valence-corrected chi connectivity index (χ3v) is 2.03. The summed E-state index contributed by atoms with van der Waals surface area (Å²) < 4.78 is 5.39. The molecule has 0 spiro atoms. The number of rotatable bonds is 4. The summed E-state index contributed by atoms with van der Waals surface area (Å²) in [6.45, 7) is 7.15. The minimum atomic E-state index is 0.299. The van der Waals surface area contributed by atoms with Gasteiger partial charge < -0.3 is 15.5 Å². The van der Waals surface area contributed by atoms with Crippen LogP contribution in [0.2, 0.25) is 0 Å². The second kappa shape index (κ2) is 4.39. The minimum absolute atomic E-state index is 0.299. The van der Waals surface area contributed by atoms with Crippen LogP contribution in [0.15, 0.2) is 4.42 Å². The van der Waals surface area contributed by atoms with Gasteiger partial charge in [-0.3, -0.25) is 0 Å². The average Bonchev–Trinajstić information content (AvgIpc) is 2.42. The maximum Gasteiger partial charge on any atom is 0.208 e. The zero-order valence-electron chi connectivity index (χ0n) is 8.42. The minimum Gasteiger partial charge on any atom is -0.444 e. The van der Waals surface area contributed by atoms with Gasteiger partial charge in [-0.15, -0.1) is 0 Å². The van der Waals surface area contributed by atoms with Gasteiger partial charge in [-0.25, -0.2) is 4.98 Å². The van der Waals surface area contributed by atoms with E-state index in [4.69, 9.17) is 10.2 Å². The van der Waals surface area contributed by atoms with Crippen LogP contribution in [0.4, 0.5) is 0 Å². The van der Waals surface area contributed by atoms with E-state index in [1.165, 1.54) is 0 Å². The molecule has 0 bridgehead atoms. The fourth-order valence-electron chi connectivity index (χ4n) is 0.960. The molecule has 0 saturated carbocycles. The van der Waals surface area contributed by atoms with Crippen LogP contribution in [-0.4, -0.2) is 17.6 Å². The third kappa shape index (κ3) is 2.82. The van der Waals surface area contributed by atoms with E-state index in [0.717, 1.165) is 17.3 Å². The summed E-state index contributed by atoms with van der Waals surface area (Å²) in [5, 5.41) is 3.21. The molecule has 1 heterocycles. The number of oxazole rings is 1. The molecule has 0 aliphatic heterocycles. The highest BCUT2D eigenvalue weighted by Gasteiger charge is 2.05. The number of nitrogens with zero attached hydrogens (tertiary/aromatic N) is 1. The van der Waals surface area contributed by atoms with Gasteiger partial charge in [-0.1, -0.05) is 0 Å². The Hall–Kier alpha value is -0.870. The first-order valence-corrected chi connectivity index (χ1v) is 4.50. The van der Waals surface area contributed by atoms with Gasteiger partial charge in [0.15, 0.2) is 0 Å². The molecule has 1 unspecified atom stereocenters. The predicted molar refractivity (Wildman–Crippen MR) is 51.3 cm³/mol. The number of hydrogen-bond donors (Lipinski definition) is 2. The lowest BCUT2D eigenvalue weighted by Gasteiger charge is -2.07. The van der Waals surface area contributed by atoms with Crippen LogP contribution >= 0.6 is 0 Å². The molecule has 0 fully saturated rings. The van der Waals surface area contributed by atoms with Gasteiger partial charge >= 0.3 is 0 Å². The molecule has 0 radical (unpaired) electrons. The molecule has 1 aromatic rings. The van der Waals surface area contributed by atoms with E-state index in [-0.39, 0.29) is 0 Å². The van der Waals surface area contributed by atoms with Crippen molar-refractivity contribution in [1.29, 1.82) is 0 Å². The monoisotopic (exact) mass is 183 g/mol. The smallest absolute Gasteiger partial charge is 0.208 e. The van der Waals surface area contributed by atoms with Crippen molar-refractivity contribution in [2.75, 3.05) is 6.54 Å². The summed E-state index contributed by atoms with van der Waals surface area (Å²) >= 11 is 0. The zero-order valence-corrected chi connectivity index (χ0v) is 8.42. The normalized spacial score (nSPS) is 13.2. The van der Waals surface area contributed by atoms with Crippen LogP contribution in [0, 0.1) is 13.8 Å². The van der Waals surface area contributed by atoms with Gasteiger partial charge in [0.2, 0.25) is 5.89 Å². The summed E-state index contributed by atoms with van der Waals surface area (Å²) in [4.78, 5) is 4.25. The predicted octanol–water partition coefficient (Wildman–Crippen LogP) is 0.728. The quantitative estimate of drug-likeness (QED) is 0.722. The summed E-state index contributed by atoms with van der Waals surface area (Å²) in [6.07, 6.45) is 0. The number of aromatic nitrogens is 1. The second-order valence-electron chi connectivity index (χ2n) is 3.27. The number of nitrogens with one attached hydrogen (secondary N) is 1. The van der Waals surface area contributed by atoms with E-state index in [9.17, 15) is 0 Å². The molecular weight excluding hydrogens is 166 g/mol. The highest BCUT2D eigenvalue weighted by Crippen LogP contribution is 2.07. The Bertz CT molecular complexity index is 250. The Morgan fingerprint density at radius 2 is 2.23 bits per heavy atom. The van der Waals surface area contributed by atoms with Gasteiger partial charge in [-0.05, 0) is 20.8 Å². The lowest BCUT2D eigenvalue weighted by Crippen LogP contribution is -2.32.